The van der Waals surface area contributed by atoms with Crippen LogP contribution in [0.2, 0.25) is 0 Å². The topological polar surface area (TPSA) is 47.0 Å². The summed E-state index contributed by atoms with van der Waals surface area (Å²) in [4.78, 5) is 8.14. The fourth-order valence-corrected chi connectivity index (χ4v) is 1.50. The zero-order valence-electron chi connectivity index (χ0n) is 11.2. The molecule has 0 saturated carbocycles. The van der Waals surface area contributed by atoms with E-state index in [1.54, 1.807) is 6.20 Å². The highest BCUT2D eigenvalue weighted by atomic mass is 19.2. The minimum atomic E-state index is -1.04. The van der Waals surface area contributed by atoms with Crippen molar-refractivity contribution in [1.29, 1.82) is 0 Å². The molecule has 106 valence electrons. The molecule has 0 unspecified atom stereocenters. The molecule has 1 aromatic carbocycles. The minimum absolute atomic E-state index is 0.123. The van der Waals surface area contributed by atoms with Crippen LogP contribution >= 0.6 is 0 Å². The SMILES string of the molecule is CC(C)NCc1cncc(Oc2cccc(F)c2F)n1. The van der Waals surface area contributed by atoms with E-state index >= 15 is 0 Å². The Hall–Kier alpha value is -2.08. The van der Waals surface area contributed by atoms with Crippen LogP contribution in [0.1, 0.15) is 19.5 Å². The lowest BCUT2D eigenvalue weighted by molar-refractivity contribution is 0.402. The fourth-order valence-electron chi connectivity index (χ4n) is 1.50. The van der Waals surface area contributed by atoms with Gasteiger partial charge in [-0.25, -0.2) is 9.37 Å². The van der Waals surface area contributed by atoms with Crippen LogP contribution in [0.4, 0.5) is 8.78 Å². The molecule has 0 amide bonds. The van der Waals surface area contributed by atoms with E-state index in [0.29, 0.717) is 18.3 Å². The molecule has 2 rings (SSSR count). The lowest BCUT2D eigenvalue weighted by atomic mass is 10.3. The van der Waals surface area contributed by atoms with Gasteiger partial charge in [0.05, 0.1) is 11.9 Å². The van der Waals surface area contributed by atoms with Crippen molar-refractivity contribution in [3.8, 4) is 11.6 Å². The molecule has 1 N–H and O–H groups in total. The monoisotopic (exact) mass is 279 g/mol. The summed E-state index contributed by atoms with van der Waals surface area (Å²) in [6, 6.07) is 4.03. The van der Waals surface area contributed by atoms with E-state index in [1.807, 2.05) is 13.8 Å². The molecule has 0 atom stereocenters. The average Bonchev–Trinajstić information content (AvgIpc) is 2.42. The van der Waals surface area contributed by atoms with Gasteiger partial charge < -0.3 is 10.1 Å². The number of hydrogen-bond donors (Lipinski definition) is 1. The third kappa shape index (κ3) is 3.71. The van der Waals surface area contributed by atoms with Crippen LogP contribution < -0.4 is 10.1 Å². The van der Waals surface area contributed by atoms with Gasteiger partial charge in [-0.3, -0.25) is 4.98 Å². The van der Waals surface area contributed by atoms with Gasteiger partial charge in [0.2, 0.25) is 11.7 Å². The number of aromatic nitrogens is 2. The predicted molar refractivity (Wildman–Crippen MR) is 70.4 cm³/mol. The van der Waals surface area contributed by atoms with Crippen LogP contribution in [-0.4, -0.2) is 16.0 Å². The molecule has 4 nitrogen and oxygen atoms in total. The Kier molecular flexibility index (Phi) is 4.57. The van der Waals surface area contributed by atoms with Gasteiger partial charge in [-0.2, -0.15) is 4.39 Å². The number of hydrogen-bond acceptors (Lipinski definition) is 4. The third-order valence-electron chi connectivity index (χ3n) is 2.48. The first-order chi connectivity index (χ1) is 9.56. The standard InChI is InChI=1S/C14H15F2N3O/c1-9(2)18-7-10-6-17-8-13(19-10)20-12-5-3-4-11(15)14(12)16/h3-6,8-9,18H,7H2,1-2H3. The van der Waals surface area contributed by atoms with Crippen LogP contribution in [-0.2, 0) is 6.54 Å². The second-order valence-corrected chi connectivity index (χ2v) is 4.54. The first-order valence-electron chi connectivity index (χ1n) is 6.22. The molecule has 0 aliphatic carbocycles. The van der Waals surface area contributed by atoms with Crippen molar-refractivity contribution >= 4 is 0 Å². The van der Waals surface area contributed by atoms with Gasteiger partial charge in [0.15, 0.2) is 11.6 Å². The summed E-state index contributed by atoms with van der Waals surface area (Å²) in [7, 11) is 0. The molecule has 0 bridgehead atoms. The summed E-state index contributed by atoms with van der Waals surface area (Å²) in [6.45, 7) is 4.54. The summed E-state index contributed by atoms with van der Waals surface area (Å²) in [5.74, 6) is -2.10. The van der Waals surface area contributed by atoms with Gasteiger partial charge in [-0.1, -0.05) is 19.9 Å². The summed E-state index contributed by atoms with van der Waals surface area (Å²) in [6.07, 6.45) is 2.94. The molecule has 1 aromatic heterocycles. The molecule has 0 fully saturated rings. The van der Waals surface area contributed by atoms with Gasteiger partial charge in [0, 0.05) is 18.8 Å². The smallest absolute Gasteiger partial charge is 0.238 e. The molecule has 0 saturated heterocycles. The third-order valence-corrected chi connectivity index (χ3v) is 2.48. The molecule has 0 aliphatic rings. The van der Waals surface area contributed by atoms with E-state index in [4.69, 9.17) is 4.74 Å². The van der Waals surface area contributed by atoms with Crippen molar-refractivity contribution in [2.24, 2.45) is 0 Å². The van der Waals surface area contributed by atoms with E-state index < -0.39 is 11.6 Å². The van der Waals surface area contributed by atoms with Crippen LogP contribution in [0.3, 0.4) is 0 Å². The molecular weight excluding hydrogens is 264 g/mol. The Labute approximate surface area is 115 Å². The van der Waals surface area contributed by atoms with E-state index in [1.165, 1.54) is 18.3 Å². The summed E-state index contributed by atoms with van der Waals surface area (Å²) >= 11 is 0. The number of ether oxygens (including phenoxy) is 1. The molecule has 6 heteroatoms. The molecular formula is C14H15F2N3O. The van der Waals surface area contributed by atoms with Crippen LogP contribution in [0.15, 0.2) is 30.6 Å². The quantitative estimate of drug-likeness (QED) is 0.913. The Morgan fingerprint density at radius 3 is 2.80 bits per heavy atom. The highest BCUT2D eigenvalue weighted by molar-refractivity contribution is 5.28. The second-order valence-electron chi connectivity index (χ2n) is 4.54. The lowest BCUT2D eigenvalue weighted by Crippen LogP contribution is -2.22. The zero-order valence-corrected chi connectivity index (χ0v) is 11.2. The maximum absolute atomic E-state index is 13.5. The van der Waals surface area contributed by atoms with E-state index in [2.05, 4.69) is 15.3 Å². The van der Waals surface area contributed by atoms with Crippen LogP contribution in [0.5, 0.6) is 11.6 Å². The molecule has 2 aromatic rings. The number of nitrogens with zero attached hydrogens (tertiary/aromatic N) is 2. The molecule has 0 spiro atoms. The van der Waals surface area contributed by atoms with E-state index in [0.717, 1.165) is 6.07 Å². The Morgan fingerprint density at radius 2 is 2.05 bits per heavy atom. The highest BCUT2D eigenvalue weighted by Gasteiger charge is 2.10. The summed E-state index contributed by atoms with van der Waals surface area (Å²) < 4.78 is 31.8. The van der Waals surface area contributed by atoms with E-state index in [-0.39, 0.29) is 11.6 Å². The first-order valence-corrected chi connectivity index (χ1v) is 6.22. The number of nitrogens with one attached hydrogen (secondary N) is 1. The van der Waals surface area contributed by atoms with Crippen LogP contribution in [0.25, 0.3) is 0 Å². The minimum Gasteiger partial charge on any atom is -0.434 e. The number of benzene rings is 1. The lowest BCUT2D eigenvalue weighted by Gasteiger charge is -2.09. The molecule has 1 heterocycles. The number of rotatable bonds is 5. The largest absolute Gasteiger partial charge is 0.434 e. The van der Waals surface area contributed by atoms with Crippen molar-refractivity contribution in [3.63, 3.8) is 0 Å². The first kappa shape index (κ1) is 14.3. The van der Waals surface area contributed by atoms with Gasteiger partial charge >= 0.3 is 0 Å². The number of halogens is 2. The Bertz CT molecular complexity index is 590. The fraction of sp³-hybridized carbons (Fsp3) is 0.286. The van der Waals surface area contributed by atoms with Crippen molar-refractivity contribution in [2.75, 3.05) is 0 Å². The van der Waals surface area contributed by atoms with Gasteiger partial charge in [0.25, 0.3) is 0 Å². The second kappa shape index (κ2) is 6.38. The maximum atomic E-state index is 13.5. The summed E-state index contributed by atoms with van der Waals surface area (Å²) in [5.41, 5.74) is 0.660. The maximum Gasteiger partial charge on any atom is 0.238 e. The summed E-state index contributed by atoms with van der Waals surface area (Å²) in [5, 5.41) is 3.18. The van der Waals surface area contributed by atoms with Crippen LogP contribution in [0, 0.1) is 11.6 Å². The average molecular weight is 279 g/mol. The van der Waals surface area contributed by atoms with Gasteiger partial charge in [-0.15, -0.1) is 0 Å². The molecule has 0 radical (unpaired) electrons. The Morgan fingerprint density at radius 1 is 1.25 bits per heavy atom. The molecule has 0 aliphatic heterocycles. The van der Waals surface area contributed by atoms with E-state index in [9.17, 15) is 8.78 Å². The van der Waals surface area contributed by atoms with Crippen molar-refractivity contribution in [2.45, 2.75) is 26.4 Å². The van der Waals surface area contributed by atoms with Gasteiger partial charge in [0.1, 0.15) is 0 Å². The van der Waals surface area contributed by atoms with Crippen molar-refractivity contribution in [3.05, 3.63) is 47.9 Å². The molecule has 20 heavy (non-hydrogen) atoms. The van der Waals surface area contributed by atoms with Crippen molar-refractivity contribution < 1.29 is 13.5 Å². The zero-order chi connectivity index (χ0) is 14.5. The van der Waals surface area contributed by atoms with Gasteiger partial charge in [-0.05, 0) is 12.1 Å². The normalized spacial score (nSPS) is 10.8. The predicted octanol–water partition coefficient (Wildman–Crippen LogP) is 3.05. The Balaban J connectivity index is 2.13. The highest BCUT2D eigenvalue weighted by Crippen LogP contribution is 2.24. The van der Waals surface area contributed by atoms with Crippen molar-refractivity contribution in [1.82, 2.24) is 15.3 Å².